The highest BCUT2D eigenvalue weighted by molar-refractivity contribution is 7.09. The Kier molecular flexibility index (Phi) is 4.01. The average molecular weight is 302 g/mol. The molecule has 0 radical (unpaired) electrons. The predicted octanol–water partition coefficient (Wildman–Crippen LogP) is 2.89. The second kappa shape index (κ2) is 6.09. The minimum Gasteiger partial charge on any atom is -0.365 e. The number of aromatic amines is 1. The maximum Gasteiger partial charge on any atom is 0.226 e. The predicted molar refractivity (Wildman–Crippen MR) is 87.0 cm³/mol. The Labute approximate surface area is 127 Å². The molecule has 3 rings (SSSR count). The van der Waals surface area contributed by atoms with Crippen molar-refractivity contribution in [3.8, 4) is 0 Å². The molecule has 0 fully saturated rings. The molecule has 3 heterocycles. The summed E-state index contributed by atoms with van der Waals surface area (Å²) in [5.74, 6) is 1.39. The average Bonchev–Trinajstić information content (AvgIpc) is 3.09. The van der Waals surface area contributed by atoms with Gasteiger partial charge in [-0.1, -0.05) is 6.07 Å². The van der Waals surface area contributed by atoms with E-state index < -0.39 is 0 Å². The molecule has 0 aliphatic heterocycles. The standard InChI is InChI=1S/C14H18N6S/c1-3-15-14-19-12-11(16-8-17-12)13(20-14)18-9(2)7-10-5-4-6-21-10/h4-6,8-9H,3,7H2,1-2H3,(H3,15,16,17,18,19,20). The summed E-state index contributed by atoms with van der Waals surface area (Å²) in [7, 11) is 0. The third-order valence-corrected chi connectivity index (χ3v) is 3.99. The summed E-state index contributed by atoms with van der Waals surface area (Å²) in [5, 5.41) is 8.69. The number of imidazole rings is 1. The second-order valence-corrected chi connectivity index (χ2v) is 5.89. The van der Waals surface area contributed by atoms with Crippen LogP contribution in [0.4, 0.5) is 11.8 Å². The van der Waals surface area contributed by atoms with E-state index >= 15 is 0 Å². The van der Waals surface area contributed by atoms with Crippen LogP contribution in [-0.4, -0.2) is 32.5 Å². The Morgan fingerprint density at radius 3 is 3.05 bits per heavy atom. The maximum atomic E-state index is 4.53. The molecule has 7 heteroatoms. The number of hydrogen-bond donors (Lipinski definition) is 3. The van der Waals surface area contributed by atoms with Gasteiger partial charge in [-0.3, -0.25) is 0 Å². The van der Waals surface area contributed by atoms with Crippen molar-refractivity contribution in [2.45, 2.75) is 26.3 Å². The first-order valence-electron chi connectivity index (χ1n) is 7.00. The number of H-pyrrole nitrogens is 1. The van der Waals surface area contributed by atoms with E-state index in [9.17, 15) is 0 Å². The quantitative estimate of drug-likeness (QED) is 0.652. The molecule has 3 aromatic heterocycles. The summed E-state index contributed by atoms with van der Waals surface area (Å²) in [5.41, 5.74) is 1.52. The van der Waals surface area contributed by atoms with Gasteiger partial charge in [0.1, 0.15) is 5.52 Å². The van der Waals surface area contributed by atoms with Gasteiger partial charge in [-0.25, -0.2) is 4.98 Å². The van der Waals surface area contributed by atoms with Crippen LogP contribution < -0.4 is 10.6 Å². The minimum atomic E-state index is 0.277. The van der Waals surface area contributed by atoms with Gasteiger partial charge >= 0.3 is 0 Å². The Morgan fingerprint density at radius 2 is 2.29 bits per heavy atom. The number of fused-ring (bicyclic) bond motifs is 1. The number of nitrogens with one attached hydrogen (secondary N) is 3. The fourth-order valence-electron chi connectivity index (χ4n) is 2.19. The SMILES string of the molecule is CCNc1nc(NC(C)Cc2cccs2)c2[nH]cnc2n1. The largest absolute Gasteiger partial charge is 0.365 e. The molecule has 0 aliphatic rings. The molecule has 0 spiro atoms. The molecule has 0 aromatic carbocycles. The molecule has 0 aliphatic carbocycles. The van der Waals surface area contributed by atoms with Crippen LogP contribution >= 0.6 is 11.3 Å². The van der Waals surface area contributed by atoms with Gasteiger partial charge in [0.15, 0.2) is 11.5 Å². The Hall–Kier alpha value is -2.15. The molecule has 21 heavy (non-hydrogen) atoms. The third-order valence-electron chi connectivity index (χ3n) is 3.09. The first kappa shape index (κ1) is 13.8. The summed E-state index contributed by atoms with van der Waals surface area (Å²) < 4.78 is 0. The smallest absolute Gasteiger partial charge is 0.226 e. The summed E-state index contributed by atoms with van der Waals surface area (Å²) in [4.78, 5) is 17.6. The van der Waals surface area contributed by atoms with Crippen molar-refractivity contribution in [3.05, 3.63) is 28.7 Å². The third kappa shape index (κ3) is 3.13. The van der Waals surface area contributed by atoms with E-state index in [0.717, 1.165) is 24.3 Å². The van der Waals surface area contributed by atoms with E-state index in [-0.39, 0.29) is 6.04 Å². The molecular formula is C14H18N6S. The first-order valence-corrected chi connectivity index (χ1v) is 7.88. The van der Waals surface area contributed by atoms with Crippen LogP contribution in [0.5, 0.6) is 0 Å². The lowest BCUT2D eigenvalue weighted by Crippen LogP contribution is -2.19. The van der Waals surface area contributed by atoms with E-state index in [2.05, 4.69) is 55.0 Å². The molecule has 0 amide bonds. The van der Waals surface area contributed by atoms with E-state index in [1.54, 1.807) is 17.7 Å². The highest BCUT2D eigenvalue weighted by Gasteiger charge is 2.12. The van der Waals surface area contributed by atoms with Crippen molar-refractivity contribution in [1.29, 1.82) is 0 Å². The number of rotatable bonds is 6. The normalized spacial score (nSPS) is 12.5. The van der Waals surface area contributed by atoms with Gasteiger partial charge in [-0.05, 0) is 25.3 Å². The molecular weight excluding hydrogens is 284 g/mol. The van der Waals surface area contributed by atoms with Crippen molar-refractivity contribution < 1.29 is 0 Å². The van der Waals surface area contributed by atoms with Gasteiger partial charge in [-0.2, -0.15) is 9.97 Å². The lowest BCUT2D eigenvalue weighted by atomic mass is 10.2. The Balaban J connectivity index is 1.83. The summed E-state index contributed by atoms with van der Waals surface area (Å²) in [6, 6.07) is 4.51. The van der Waals surface area contributed by atoms with Crippen LogP contribution in [0.1, 0.15) is 18.7 Å². The van der Waals surface area contributed by atoms with Crippen molar-refractivity contribution in [2.75, 3.05) is 17.2 Å². The number of hydrogen-bond acceptors (Lipinski definition) is 6. The highest BCUT2D eigenvalue weighted by Crippen LogP contribution is 2.20. The summed E-state index contributed by atoms with van der Waals surface area (Å²) in [6.07, 6.45) is 2.61. The van der Waals surface area contributed by atoms with Gasteiger partial charge in [-0.15, -0.1) is 11.3 Å². The topological polar surface area (TPSA) is 78.5 Å². The molecule has 1 unspecified atom stereocenters. The van der Waals surface area contributed by atoms with E-state index in [0.29, 0.717) is 11.6 Å². The second-order valence-electron chi connectivity index (χ2n) is 4.86. The summed E-state index contributed by atoms with van der Waals surface area (Å²) >= 11 is 1.77. The minimum absolute atomic E-state index is 0.277. The Bertz CT molecular complexity index is 705. The van der Waals surface area contributed by atoms with Gasteiger partial charge in [0, 0.05) is 23.9 Å². The molecule has 0 bridgehead atoms. The van der Waals surface area contributed by atoms with Crippen LogP contribution in [0.2, 0.25) is 0 Å². The number of anilines is 2. The zero-order valence-electron chi connectivity index (χ0n) is 12.1. The molecule has 3 N–H and O–H groups in total. The zero-order valence-corrected chi connectivity index (χ0v) is 12.9. The van der Waals surface area contributed by atoms with Gasteiger partial charge < -0.3 is 15.6 Å². The summed E-state index contributed by atoms with van der Waals surface area (Å²) in [6.45, 7) is 4.95. The maximum absolute atomic E-state index is 4.53. The lowest BCUT2D eigenvalue weighted by molar-refractivity contribution is 0.795. The number of nitrogens with zero attached hydrogens (tertiary/aromatic N) is 3. The Morgan fingerprint density at radius 1 is 1.38 bits per heavy atom. The van der Waals surface area contributed by atoms with Gasteiger partial charge in [0.05, 0.1) is 6.33 Å². The molecule has 0 saturated heterocycles. The van der Waals surface area contributed by atoms with Crippen molar-refractivity contribution in [3.63, 3.8) is 0 Å². The van der Waals surface area contributed by atoms with E-state index in [1.165, 1.54) is 4.88 Å². The molecule has 6 nitrogen and oxygen atoms in total. The molecule has 3 aromatic rings. The molecule has 1 atom stereocenters. The molecule has 0 saturated carbocycles. The highest BCUT2D eigenvalue weighted by atomic mass is 32.1. The van der Waals surface area contributed by atoms with E-state index in [1.807, 2.05) is 6.92 Å². The number of thiophene rings is 1. The van der Waals surface area contributed by atoms with E-state index in [4.69, 9.17) is 0 Å². The first-order chi connectivity index (χ1) is 10.3. The lowest BCUT2D eigenvalue weighted by Gasteiger charge is -2.14. The monoisotopic (exact) mass is 302 g/mol. The van der Waals surface area contributed by atoms with Crippen LogP contribution in [-0.2, 0) is 6.42 Å². The zero-order chi connectivity index (χ0) is 14.7. The molecule has 110 valence electrons. The van der Waals surface area contributed by atoms with Crippen LogP contribution in [0.15, 0.2) is 23.8 Å². The van der Waals surface area contributed by atoms with Crippen LogP contribution in [0, 0.1) is 0 Å². The van der Waals surface area contributed by atoms with Crippen molar-refractivity contribution >= 4 is 34.3 Å². The van der Waals surface area contributed by atoms with Crippen LogP contribution in [0.3, 0.4) is 0 Å². The fourth-order valence-corrected chi connectivity index (χ4v) is 3.03. The van der Waals surface area contributed by atoms with Gasteiger partial charge in [0.2, 0.25) is 5.95 Å². The van der Waals surface area contributed by atoms with Gasteiger partial charge in [0.25, 0.3) is 0 Å². The van der Waals surface area contributed by atoms with Crippen molar-refractivity contribution in [2.24, 2.45) is 0 Å². The fraction of sp³-hybridized carbons (Fsp3) is 0.357. The number of aromatic nitrogens is 4. The van der Waals surface area contributed by atoms with Crippen molar-refractivity contribution in [1.82, 2.24) is 19.9 Å². The van der Waals surface area contributed by atoms with Crippen LogP contribution in [0.25, 0.3) is 11.2 Å².